The summed E-state index contributed by atoms with van der Waals surface area (Å²) < 4.78 is 26.7. The van der Waals surface area contributed by atoms with Gasteiger partial charge in [0.1, 0.15) is 35.8 Å². The normalized spacial score (nSPS) is 12.2. The maximum Gasteiger partial charge on any atom is 0.408 e. The first-order valence-electron chi connectivity index (χ1n) is 14.0. The van der Waals surface area contributed by atoms with E-state index in [0.29, 0.717) is 33.8 Å². The summed E-state index contributed by atoms with van der Waals surface area (Å²) in [5.74, 6) is -0.582. The highest BCUT2D eigenvalue weighted by atomic mass is 16.6. The lowest BCUT2D eigenvalue weighted by atomic mass is 9.94. The molecule has 3 aromatic rings. The van der Waals surface area contributed by atoms with E-state index in [1.807, 2.05) is 30.3 Å². The molecule has 0 aliphatic heterocycles. The summed E-state index contributed by atoms with van der Waals surface area (Å²) in [5, 5.41) is 5.09. The molecular formula is C33H39N3O9. The van der Waals surface area contributed by atoms with E-state index in [2.05, 4.69) is 10.6 Å². The predicted molar refractivity (Wildman–Crippen MR) is 166 cm³/mol. The molecule has 3 aromatic carbocycles. The van der Waals surface area contributed by atoms with Crippen molar-refractivity contribution < 1.29 is 42.9 Å². The third kappa shape index (κ3) is 9.88. The van der Waals surface area contributed by atoms with E-state index in [4.69, 9.17) is 29.4 Å². The number of hydrogen-bond acceptors (Lipinski definition) is 9. The van der Waals surface area contributed by atoms with Crippen LogP contribution in [-0.2, 0) is 36.8 Å². The van der Waals surface area contributed by atoms with Crippen molar-refractivity contribution in [2.24, 2.45) is 5.73 Å². The number of hydrogen-bond donors (Lipinski definition) is 3. The lowest BCUT2D eigenvalue weighted by molar-refractivity contribution is -0.143. The Hall–Kier alpha value is -5.26. The summed E-state index contributed by atoms with van der Waals surface area (Å²) in [6, 6.07) is 16.9. The molecule has 240 valence electrons. The maximum absolute atomic E-state index is 12.6. The Labute approximate surface area is 262 Å². The monoisotopic (exact) mass is 621 g/mol. The molecule has 0 radical (unpaired) electrons. The molecule has 45 heavy (non-hydrogen) atoms. The predicted octanol–water partition coefficient (Wildman–Crippen LogP) is 4.43. The van der Waals surface area contributed by atoms with Gasteiger partial charge in [-0.3, -0.25) is 4.79 Å². The van der Waals surface area contributed by atoms with Gasteiger partial charge in [-0.1, -0.05) is 42.5 Å². The molecule has 0 aliphatic rings. The molecule has 0 spiro atoms. The van der Waals surface area contributed by atoms with Gasteiger partial charge in [0.15, 0.2) is 0 Å². The quantitative estimate of drug-likeness (QED) is 0.196. The zero-order valence-corrected chi connectivity index (χ0v) is 26.2. The minimum atomic E-state index is -1.21. The molecule has 12 nitrogen and oxygen atoms in total. The molecule has 2 atom stereocenters. The van der Waals surface area contributed by atoms with Gasteiger partial charge >= 0.3 is 18.2 Å². The maximum atomic E-state index is 12.6. The zero-order valence-electron chi connectivity index (χ0n) is 26.2. The Kier molecular flexibility index (Phi) is 11.8. The van der Waals surface area contributed by atoms with Crippen molar-refractivity contribution in [3.63, 3.8) is 0 Å². The van der Waals surface area contributed by atoms with E-state index < -0.39 is 41.7 Å². The third-order valence-electron chi connectivity index (χ3n) is 6.49. The van der Waals surface area contributed by atoms with Crippen LogP contribution in [0.15, 0.2) is 66.7 Å². The smallest absolute Gasteiger partial charge is 0.408 e. The summed E-state index contributed by atoms with van der Waals surface area (Å²) in [4.78, 5) is 50.1. The second-order valence-electron chi connectivity index (χ2n) is 11.0. The molecule has 0 aromatic heterocycles. The molecule has 0 saturated carbocycles. The van der Waals surface area contributed by atoms with Crippen LogP contribution in [0.1, 0.15) is 43.5 Å². The van der Waals surface area contributed by atoms with E-state index in [1.165, 1.54) is 21.3 Å². The second-order valence-corrected chi connectivity index (χ2v) is 11.0. The Balaban J connectivity index is 1.93. The Morgan fingerprint density at radius 3 is 1.98 bits per heavy atom. The molecule has 0 fully saturated rings. The SMILES string of the molecule is COC(=O)[C@H](Cc1ccc(OC)c(-c2cc([C@H](NC(=O)OC(C)(C)C)C(N)=O)ccc2OC)c1)NC(=O)OCc1ccccc1. The number of nitrogens with one attached hydrogen (secondary N) is 2. The van der Waals surface area contributed by atoms with Crippen LogP contribution in [0.3, 0.4) is 0 Å². The number of alkyl carbamates (subject to hydrolysis) is 2. The van der Waals surface area contributed by atoms with E-state index in [1.54, 1.807) is 57.2 Å². The number of carbonyl (C=O) groups is 4. The van der Waals surface area contributed by atoms with Gasteiger partial charge in [0.2, 0.25) is 5.91 Å². The van der Waals surface area contributed by atoms with Crippen molar-refractivity contribution in [2.45, 2.75) is 51.5 Å². The van der Waals surface area contributed by atoms with Crippen molar-refractivity contribution in [3.05, 3.63) is 83.4 Å². The average molecular weight is 622 g/mol. The van der Waals surface area contributed by atoms with Gasteiger partial charge in [0.25, 0.3) is 0 Å². The number of amides is 3. The van der Waals surface area contributed by atoms with Crippen LogP contribution >= 0.6 is 0 Å². The standard InChI is InChI=1S/C33H39N3O9/c1-33(2,3)45-32(40)36-28(29(34)37)22-13-15-27(42-5)24(18-22)23-16-21(12-14-26(23)41-4)17-25(30(38)43-6)35-31(39)44-19-20-10-8-7-9-11-20/h7-16,18,25,28H,17,19H2,1-6H3,(H2,34,37)(H,35,39)(H,36,40)/t25-,28-/m0/s1. The average Bonchev–Trinajstić information content (AvgIpc) is 3.01. The Morgan fingerprint density at radius 2 is 1.40 bits per heavy atom. The molecule has 12 heteroatoms. The lowest BCUT2D eigenvalue weighted by Crippen LogP contribution is -2.43. The number of rotatable bonds is 12. The van der Waals surface area contributed by atoms with Crippen LogP contribution in [0.5, 0.6) is 11.5 Å². The highest BCUT2D eigenvalue weighted by Gasteiger charge is 2.27. The molecule has 3 rings (SSSR count). The van der Waals surface area contributed by atoms with Crippen LogP contribution in [-0.4, -0.2) is 57.0 Å². The van der Waals surface area contributed by atoms with E-state index >= 15 is 0 Å². The van der Waals surface area contributed by atoms with Gasteiger partial charge in [-0.25, -0.2) is 14.4 Å². The molecule has 0 heterocycles. The minimum Gasteiger partial charge on any atom is -0.496 e. The lowest BCUT2D eigenvalue weighted by Gasteiger charge is -2.23. The van der Waals surface area contributed by atoms with Crippen molar-refractivity contribution in [1.29, 1.82) is 0 Å². The summed E-state index contributed by atoms with van der Waals surface area (Å²) >= 11 is 0. The molecule has 0 bridgehead atoms. The molecule has 0 saturated heterocycles. The van der Waals surface area contributed by atoms with E-state index in [-0.39, 0.29) is 13.0 Å². The second kappa shape index (κ2) is 15.5. The van der Waals surface area contributed by atoms with Crippen LogP contribution in [0.4, 0.5) is 9.59 Å². The molecule has 3 amide bonds. The number of carbonyl (C=O) groups excluding carboxylic acids is 4. The Morgan fingerprint density at radius 1 is 0.778 bits per heavy atom. The first-order valence-corrected chi connectivity index (χ1v) is 14.0. The van der Waals surface area contributed by atoms with Crippen LogP contribution in [0.2, 0.25) is 0 Å². The molecule has 0 unspecified atom stereocenters. The molecule has 4 N–H and O–H groups in total. The van der Waals surface area contributed by atoms with Gasteiger partial charge in [0, 0.05) is 17.5 Å². The first kappa shape index (κ1) is 34.2. The number of benzene rings is 3. The van der Waals surface area contributed by atoms with E-state index in [9.17, 15) is 19.2 Å². The topological polar surface area (TPSA) is 165 Å². The molecular weight excluding hydrogens is 582 g/mol. The zero-order chi connectivity index (χ0) is 33.1. The highest BCUT2D eigenvalue weighted by molar-refractivity contribution is 5.87. The minimum absolute atomic E-state index is 0.0263. The van der Waals surface area contributed by atoms with E-state index in [0.717, 1.165) is 5.56 Å². The van der Waals surface area contributed by atoms with Crippen molar-refractivity contribution in [3.8, 4) is 22.6 Å². The summed E-state index contributed by atoms with van der Waals surface area (Å²) in [7, 11) is 4.20. The first-order chi connectivity index (χ1) is 21.3. The fraction of sp³-hybridized carbons (Fsp3) is 0.333. The van der Waals surface area contributed by atoms with Gasteiger partial charge in [-0.05, 0) is 61.7 Å². The van der Waals surface area contributed by atoms with Crippen LogP contribution < -0.4 is 25.8 Å². The Bertz CT molecular complexity index is 1500. The number of ether oxygens (including phenoxy) is 5. The van der Waals surface area contributed by atoms with Crippen molar-refractivity contribution in [1.82, 2.24) is 10.6 Å². The number of nitrogens with two attached hydrogens (primary N) is 1. The van der Waals surface area contributed by atoms with Crippen LogP contribution in [0.25, 0.3) is 11.1 Å². The summed E-state index contributed by atoms with van der Waals surface area (Å²) in [5.41, 5.74) is 7.71. The number of esters is 1. The van der Waals surface area contributed by atoms with Gasteiger partial charge in [-0.15, -0.1) is 0 Å². The van der Waals surface area contributed by atoms with Crippen LogP contribution in [0, 0.1) is 0 Å². The third-order valence-corrected chi connectivity index (χ3v) is 6.49. The molecule has 0 aliphatic carbocycles. The van der Waals surface area contributed by atoms with Gasteiger partial charge in [-0.2, -0.15) is 0 Å². The fourth-order valence-corrected chi connectivity index (χ4v) is 4.43. The van der Waals surface area contributed by atoms with Crippen molar-refractivity contribution >= 4 is 24.1 Å². The fourth-order valence-electron chi connectivity index (χ4n) is 4.43. The number of primary amides is 1. The number of methoxy groups -OCH3 is 3. The van der Waals surface area contributed by atoms with Crippen molar-refractivity contribution in [2.75, 3.05) is 21.3 Å². The summed E-state index contributed by atoms with van der Waals surface area (Å²) in [6.45, 7) is 5.12. The highest BCUT2D eigenvalue weighted by Crippen LogP contribution is 2.39. The summed E-state index contributed by atoms with van der Waals surface area (Å²) in [6.07, 6.45) is -1.55. The van der Waals surface area contributed by atoms with Gasteiger partial charge < -0.3 is 40.1 Å². The largest absolute Gasteiger partial charge is 0.496 e. The van der Waals surface area contributed by atoms with Gasteiger partial charge in [0.05, 0.1) is 21.3 Å².